The Morgan fingerprint density at radius 2 is 1.94 bits per heavy atom. The van der Waals surface area contributed by atoms with E-state index in [0.29, 0.717) is 35.8 Å². The number of morpholine rings is 1. The number of hydrogen-bond acceptors (Lipinski definition) is 6. The van der Waals surface area contributed by atoms with Gasteiger partial charge >= 0.3 is 6.03 Å². The number of carbonyl (C=O) groups excluding carboxylic acids is 3. The number of carbonyl (C=O) groups is 3. The van der Waals surface area contributed by atoms with Crippen molar-refractivity contribution >= 4 is 29.2 Å². The van der Waals surface area contributed by atoms with Crippen molar-refractivity contribution in [1.29, 1.82) is 0 Å². The number of barbiturate groups is 1. The standard InChI is InChI=1S/C22H20FN3O5/c1-30-15-7-5-14(6-8-15)26-20(28)22(19(27)24-21(26)29)11-13-3-2-4-16(23)18(13)25-9-10-31-12-17(22)25/h2-8,17H,9-12H2,1H3,(H,24,27,29)/t17-,22-/m1/s1. The van der Waals surface area contributed by atoms with Crippen LogP contribution in [-0.4, -0.2) is 50.8 Å². The first-order chi connectivity index (χ1) is 15.0. The molecule has 0 saturated carbocycles. The van der Waals surface area contributed by atoms with Gasteiger partial charge in [0.15, 0.2) is 5.41 Å². The Morgan fingerprint density at radius 3 is 2.68 bits per heavy atom. The number of ether oxygens (including phenoxy) is 2. The van der Waals surface area contributed by atoms with Crippen LogP contribution in [0.2, 0.25) is 0 Å². The summed E-state index contributed by atoms with van der Waals surface area (Å²) < 4.78 is 25.5. The van der Waals surface area contributed by atoms with E-state index in [1.165, 1.54) is 13.2 Å². The van der Waals surface area contributed by atoms with Crippen molar-refractivity contribution in [3.05, 3.63) is 53.8 Å². The average molecular weight is 425 g/mol. The van der Waals surface area contributed by atoms with Crippen molar-refractivity contribution in [2.24, 2.45) is 5.41 Å². The minimum absolute atomic E-state index is 0.0325. The number of rotatable bonds is 2. The van der Waals surface area contributed by atoms with Crippen molar-refractivity contribution in [1.82, 2.24) is 5.32 Å². The lowest BCUT2D eigenvalue weighted by Gasteiger charge is -2.53. The van der Waals surface area contributed by atoms with E-state index in [0.717, 1.165) is 4.90 Å². The predicted octanol–water partition coefficient (Wildman–Crippen LogP) is 1.86. The third-order valence-electron chi connectivity index (χ3n) is 6.27. The molecule has 5 rings (SSSR count). The van der Waals surface area contributed by atoms with Gasteiger partial charge in [-0.15, -0.1) is 0 Å². The number of anilines is 2. The highest BCUT2D eigenvalue weighted by molar-refractivity contribution is 6.30. The molecule has 4 amide bonds. The van der Waals surface area contributed by atoms with Crippen LogP contribution >= 0.6 is 0 Å². The average Bonchev–Trinajstić information content (AvgIpc) is 2.78. The van der Waals surface area contributed by atoms with Gasteiger partial charge in [-0.3, -0.25) is 14.9 Å². The van der Waals surface area contributed by atoms with Gasteiger partial charge in [0.25, 0.3) is 5.91 Å². The first-order valence-electron chi connectivity index (χ1n) is 9.93. The summed E-state index contributed by atoms with van der Waals surface area (Å²) in [6.07, 6.45) is -0.0325. The van der Waals surface area contributed by atoms with Crippen molar-refractivity contribution < 1.29 is 28.2 Å². The minimum Gasteiger partial charge on any atom is -0.497 e. The molecule has 160 valence electrons. The summed E-state index contributed by atoms with van der Waals surface area (Å²) in [6, 6.07) is 9.46. The number of imide groups is 2. The van der Waals surface area contributed by atoms with Crippen LogP contribution in [0.4, 0.5) is 20.6 Å². The highest BCUT2D eigenvalue weighted by atomic mass is 19.1. The normalized spacial score (nSPS) is 25.2. The van der Waals surface area contributed by atoms with Crippen LogP contribution < -0.4 is 19.9 Å². The van der Waals surface area contributed by atoms with Crippen LogP contribution in [0.1, 0.15) is 5.56 Å². The molecule has 2 aromatic rings. The molecular formula is C22H20FN3O5. The van der Waals surface area contributed by atoms with Gasteiger partial charge in [-0.1, -0.05) is 12.1 Å². The van der Waals surface area contributed by atoms with Gasteiger partial charge in [-0.05, 0) is 35.9 Å². The summed E-state index contributed by atoms with van der Waals surface area (Å²) in [5.41, 5.74) is -0.390. The summed E-state index contributed by atoms with van der Waals surface area (Å²) in [5.74, 6) is -1.19. The molecule has 0 unspecified atom stereocenters. The number of halogens is 1. The number of para-hydroxylation sites is 1. The molecule has 2 atom stereocenters. The second-order valence-corrected chi connectivity index (χ2v) is 7.78. The number of nitrogens with zero attached hydrogens (tertiary/aromatic N) is 2. The molecule has 2 fully saturated rings. The van der Waals surface area contributed by atoms with E-state index >= 15 is 0 Å². The van der Waals surface area contributed by atoms with E-state index in [1.807, 2.05) is 0 Å². The zero-order chi connectivity index (χ0) is 21.8. The smallest absolute Gasteiger partial charge is 0.335 e. The number of hydrogen-bond donors (Lipinski definition) is 1. The predicted molar refractivity (Wildman–Crippen MR) is 109 cm³/mol. The Balaban J connectivity index is 1.64. The van der Waals surface area contributed by atoms with Gasteiger partial charge in [0.2, 0.25) is 5.91 Å². The second-order valence-electron chi connectivity index (χ2n) is 7.78. The number of nitrogens with one attached hydrogen (secondary N) is 1. The molecule has 1 spiro atoms. The van der Waals surface area contributed by atoms with E-state index in [4.69, 9.17) is 9.47 Å². The summed E-state index contributed by atoms with van der Waals surface area (Å²) in [5, 5.41) is 2.35. The summed E-state index contributed by atoms with van der Waals surface area (Å²) in [4.78, 5) is 42.5. The fourth-order valence-electron chi connectivity index (χ4n) is 4.79. The SMILES string of the molecule is COc1ccc(N2C(=O)NC(=O)[C@]3(Cc4cccc(F)c4N4CCOC[C@@H]43)C2=O)cc1. The zero-order valence-corrected chi connectivity index (χ0v) is 16.8. The fraction of sp³-hybridized carbons (Fsp3) is 0.318. The van der Waals surface area contributed by atoms with Gasteiger partial charge in [0, 0.05) is 13.0 Å². The van der Waals surface area contributed by atoms with E-state index in [1.54, 1.807) is 41.3 Å². The number of urea groups is 1. The van der Waals surface area contributed by atoms with Gasteiger partial charge in [0.1, 0.15) is 11.6 Å². The molecule has 0 aliphatic carbocycles. The zero-order valence-electron chi connectivity index (χ0n) is 16.8. The third kappa shape index (κ3) is 2.73. The highest BCUT2D eigenvalue weighted by Gasteiger charge is 2.63. The Morgan fingerprint density at radius 1 is 1.16 bits per heavy atom. The van der Waals surface area contributed by atoms with Crippen molar-refractivity contribution in [3.8, 4) is 5.75 Å². The largest absolute Gasteiger partial charge is 0.497 e. The molecule has 3 heterocycles. The maximum Gasteiger partial charge on any atom is 0.335 e. The Labute approximate surface area is 177 Å². The number of benzene rings is 2. The molecule has 1 N–H and O–H groups in total. The van der Waals surface area contributed by atoms with Gasteiger partial charge in [-0.2, -0.15) is 0 Å². The molecule has 0 radical (unpaired) electrons. The Bertz CT molecular complexity index is 1090. The van der Waals surface area contributed by atoms with Crippen molar-refractivity contribution in [2.45, 2.75) is 12.5 Å². The van der Waals surface area contributed by atoms with Crippen LogP contribution in [0.15, 0.2) is 42.5 Å². The number of amides is 4. The number of methoxy groups -OCH3 is 1. The van der Waals surface area contributed by atoms with E-state index < -0.39 is 35.1 Å². The Kier molecular flexibility index (Phi) is 4.44. The molecule has 8 nitrogen and oxygen atoms in total. The second kappa shape index (κ2) is 7.05. The Hall–Kier alpha value is -3.46. The molecule has 2 aromatic carbocycles. The lowest BCUT2D eigenvalue weighted by atomic mass is 9.68. The number of fused-ring (bicyclic) bond motifs is 4. The van der Waals surface area contributed by atoms with E-state index in [2.05, 4.69) is 5.32 Å². The van der Waals surface area contributed by atoms with Crippen LogP contribution in [0.5, 0.6) is 5.75 Å². The monoisotopic (exact) mass is 425 g/mol. The minimum atomic E-state index is -1.63. The fourth-order valence-corrected chi connectivity index (χ4v) is 4.79. The van der Waals surface area contributed by atoms with Crippen LogP contribution in [0.25, 0.3) is 0 Å². The molecule has 3 aliphatic heterocycles. The van der Waals surface area contributed by atoms with E-state index in [9.17, 15) is 18.8 Å². The van der Waals surface area contributed by atoms with Crippen LogP contribution in [-0.2, 0) is 20.7 Å². The molecule has 2 saturated heterocycles. The maximum absolute atomic E-state index is 14.7. The van der Waals surface area contributed by atoms with Crippen molar-refractivity contribution in [3.63, 3.8) is 0 Å². The highest BCUT2D eigenvalue weighted by Crippen LogP contribution is 2.46. The van der Waals surface area contributed by atoms with Gasteiger partial charge in [0.05, 0.1) is 37.7 Å². The van der Waals surface area contributed by atoms with Crippen LogP contribution in [0.3, 0.4) is 0 Å². The van der Waals surface area contributed by atoms with Gasteiger partial charge < -0.3 is 14.4 Å². The third-order valence-corrected chi connectivity index (χ3v) is 6.27. The quantitative estimate of drug-likeness (QED) is 0.739. The molecular weight excluding hydrogens is 405 g/mol. The lowest BCUT2D eigenvalue weighted by Crippen LogP contribution is -2.74. The summed E-state index contributed by atoms with van der Waals surface area (Å²) in [6.45, 7) is 0.742. The van der Waals surface area contributed by atoms with Crippen LogP contribution in [0, 0.1) is 11.2 Å². The van der Waals surface area contributed by atoms with Crippen molar-refractivity contribution in [2.75, 3.05) is 36.7 Å². The molecule has 31 heavy (non-hydrogen) atoms. The maximum atomic E-state index is 14.7. The first kappa shape index (κ1) is 19.5. The summed E-state index contributed by atoms with van der Waals surface area (Å²) >= 11 is 0. The molecule has 9 heteroatoms. The first-order valence-corrected chi connectivity index (χ1v) is 9.93. The van der Waals surface area contributed by atoms with E-state index in [-0.39, 0.29) is 13.0 Å². The summed E-state index contributed by atoms with van der Waals surface area (Å²) in [7, 11) is 1.51. The molecule has 3 aliphatic rings. The molecule has 0 bridgehead atoms. The molecule has 0 aromatic heterocycles. The van der Waals surface area contributed by atoms with Gasteiger partial charge in [-0.25, -0.2) is 14.1 Å². The lowest BCUT2D eigenvalue weighted by molar-refractivity contribution is -0.147. The topological polar surface area (TPSA) is 88.2 Å².